The lowest BCUT2D eigenvalue weighted by atomic mass is 9.96. The Morgan fingerprint density at radius 3 is 2.87 bits per heavy atom. The molecule has 80 valence electrons. The first kappa shape index (κ1) is 10.1. The molecule has 0 radical (unpaired) electrons. The Balaban J connectivity index is 2.25. The Labute approximate surface area is 87.5 Å². The maximum absolute atomic E-state index is 13.6. The van der Waals surface area contributed by atoms with Gasteiger partial charge in [0.1, 0.15) is 5.82 Å². The summed E-state index contributed by atoms with van der Waals surface area (Å²) in [6.07, 6.45) is 0.374. The molecular weight excluding hydrogens is 195 g/mol. The third-order valence-corrected chi connectivity index (χ3v) is 2.72. The fourth-order valence-electron chi connectivity index (χ4n) is 1.85. The lowest BCUT2D eigenvalue weighted by Gasteiger charge is -2.09. The SMILES string of the molecule is NCc1ccc([C@@H]2CNC(=O)C2)c(F)c1. The molecule has 1 atom stereocenters. The first-order chi connectivity index (χ1) is 7.20. The monoisotopic (exact) mass is 208 g/mol. The van der Waals surface area contributed by atoms with Crippen LogP contribution in [-0.2, 0) is 11.3 Å². The largest absolute Gasteiger partial charge is 0.355 e. The first-order valence-electron chi connectivity index (χ1n) is 4.96. The molecule has 1 aromatic rings. The second kappa shape index (κ2) is 3.98. The Morgan fingerprint density at radius 1 is 1.53 bits per heavy atom. The predicted molar refractivity (Wildman–Crippen MR) is 54.7 cm³/mol. The standard InChI is InChI=1S/C11H13FN2O/c12-10-3-7(5-13)1-2-9(10)8-4-11(15)14-6-8/h1-3,8H,4-6,13H2,(H,14,15)/t8-/m0/s1. The summed E-state index contributed by atoms with van der Waals surface area (Å²) in [7, 11) is 0. The lowest BCUT2D eigenvalue weighted by molar-refractivity contribution is -0.119. The van der Waals surface area contributed by atoms with Gasteiger partial charge in [0.15, 0.2) is 0 Å². The average Bonchev–Trinajstić information content (AvgIpc) is 2.64. The van der Waals surface area contributed by atoms with Crippen LogP contribution >= 0.6 is 0 Å². The summed E-state index contributed by atoms with van der Waals surface area (Å²) in [6, 6.07) is 4.97. The molecule has 0 bridgehead atoms. The smallest absolute Gasteiger partial charge is 0.220 e. The summed E-state index contributed by atoms with van der Waals surface area (Å²) >= 11 is 0. The van der Waals surface area contributed by atoms with Gasteiger partial charge in [-0.1, -0.05) is 12.1 Å². The van der Waals surface area contributed by atoms with E-state index in [2.05, 4.69) is 5.32 Å². The number of nitrogens with one attached hydrogen (secondary N) is 1. The molecular formula is C11H13FN2O. The minimum Gasteiger partial charge on any atom is -0.355 e. The molecule has 1 aliphatic rings. The normalized spacial score (nSPS) is 20.4. The number of benzene rings is 1. The first-order valence-corrected chi connectivity index (χ1v) is 4.96. The number of nitrogens with two attached hydrogens (primary N) is 1. The van der Waals surface area contributed by atoms with Gasteiger partial charge in [0, 0.05) is 25.4 Å². The van der Waals surface area contributed by atoms with Crippen molar-refractivity contribution in [2.45, 2.75) is 18.9 Å². The molecule has 1 amide bonds. The van der Waals surface area contributed by atoms with E-state index in [-0.39, 0.29) is 17.6 Å². The zero-order valence-electron chi connectivity index (χ0n) is 8.29. The Bertz CT molecular complexity index is 392. The molecule has 1 saturated heterocycles. The van der Waals surface area contributed by atoms with Crippen molar-refractivity contribution in [3.63, 3.8) is 0 Å². The molecule has 0 aliphatic carbocycles. The van der Waals surface area contributed by atoms with Crippen molar-refractivity contribution >= 4 is 5.91 Å². The molecule has 3 nitrogen and oxygen atoms in total. The molecule has 0 spiro atoms. The summed E-state index contributed by atoms with van der Waals surface area (Å²) in [5.74, 6) is -0.314. The van der Waals surface area contributed by atoms with E-state index in [0.29, 0.717) is 25.1 Å². The van der Waals surface area contributed by atoms with Crippen LogP contribution in [0.3, 0.4) is 0 Å². The van der Waals surface area contributed by atoms with E-state index in [4.69, 9.17) is 5.73 Å². The average molecular weight is 208 g/mol. The van der Waals surface area contributed by atoms with Crippen LogP contribution in [0.5, 0.6) is 0 Å². The van der Waals surface area contributed by atoms with Crippen molar-refractivity contribution in [2.24, 2.45) is 5.73 Å². The van der Waals surface area contributed by atoms with E-state index in [1.807, 2.05) is 0 Å². The predicted octanol–water partition coefficient (Wildman–Crippen LogP) is 0.888. The Morgan fingerprint density at radius 2 is 2.33 bits per heavy atom. The summed E-state index contributed by atoms with van der Waals surface area (Å²) in [4.78, 5) is 11.0. The molecule has 1 fully saturated rings. The van der Waals surface area contributed by atoms with Crippen molar-refractivity contribution in [1.29, 1.82) is 0 Å². The molecule has 3 N–H and O–H groups in total. The van der Waals surface area contributed by atoms with Gasteiger partial charge in [-0.25, -0.2) is 4.39 Å². The van der Waals surface area contributed by atoms with Gasteiger partial charge >= 0.3 is 0 Å². The van der Waals surface area contributed by atoms with Gasteiger partial charge in [-0.05, 0) is 17.2 Å². The molecule has 2 rings (SSSR count). The van der Waals surface area contributed by atoms with Crippen molar-refractivity contribution in [1.82, 2.24) is 5.32 Å². The Kier molecular flexibility index (Phi) is 2.68. The second-order valence-electron chi connectivity index (χ2n) is 3.77. The minimum absolute atomic E-state index is 0.0118. The number of hydrogen-bond acceptors (Lipinski definition) is 2. The van der Waals surface area contributed by atoms with E-state index < -0.39 is 0 Å². The molecule has 0 saturated carbocycles. The van der Waals surface area contributed by atoms with Gasteiger partial charge in [0.25, 0.3) is 0 Å². The minimum atomic E-state index is -0.264. The van der Waals surface area contributed by atoms with Gasteiger partial charge in [0.05, 0.1) is 0 Å². The highest BCUT2D eigenvalue weighted by Crippen LogP contribution is 2.25. The van der Waals surface area contributed by atoms with Crippen LogP contribution in [0.25, 0.3) is 0 Å². The van der Waals surface area contributed by atoms with Crippen molar-refractivity contribution in [2.75, 3.05) is 6.54 Å². The lowest BCUT2D eigenvalue weighted by Crippen LogP contribution is -2.13. The number of carbonyl (C=O) groups is 1. The van der Waals surface area contributed by atoms with E-state index >= 15 is 0 Å². The third-order valence-electron chi connectivity index (χ3n) is 2.72. The van der Waals surface area contributed by atoms with Gasteiger partial charge in [-0.2, -0.15) is 0 Å². The van der Waals surface area contributed by atoms with E-state index in [0.717, 1.165) is 5.56 Å². The van der Waals surface area contributed by atoms with Gasteiger partial charge in [-0.3, -0.25) is 4.79 Å². The fourth-order valence-corrected chi connectivity index (χ4v) is 1.85. The van der Waals surface area contributed by atoms with E-state index in [9.17, 15) is 9.18 Å². The molecule has 1 heterocycles. The van der Waals surface area contributed by atoms with Crippen LogP contribution in [-0.4, -0.2) is 12.5 Å². The quantitative estimate of drug-likeness (QED) is 0.758. The zero-order valence-corrected chi connectivity index (χ0v) is 8.29. The van der Waals surface area contributed by atoms with Crippen molar-refractivity contribution in [3.05, 3.63) is 35.1 Å². The molecule has 0 unspecified atom stereocenters. The van der Waals surface area contributed by atoms with E-state index in [1.165, 1.54) is 6.07 Å². The zero-order chi connectivity index (χ0) is 10.8. The van der Waals surface area contributed by atoms with Gasteiger partial charge in [-0.15, -0.1) is 0 Å². The summed E-state index contributed by atoms with van der Waals surface area (Å²) in [5, 5.41) is 2.69. The van der Waals surface area contributed by atoms with Crippen LogP contribution in [0.2, 0.25) is 0 Å². The third kappa shape index (κ3) is 1.99. The summed E-state index contributed by atoms with van der Waals surface area (Å²) < 4.78 is 13.6. The van der Waals surface area contributed by atoms with Crippen LogP contribution in [0.15, 0.2) is 18.2 Å². The van der Waals surface area contributed by atoms with Crippen LogP contribution in [0.4, 0.5) is 4.39 Å². The number of hydrogen-bond donors (Lipinski definition) is 2. The second-order valence-corrected chi connectivity index (χ2v) is 3.77. The van der Waals surface area contributed by atoms with Crippen LogP contribution in [0.1, 0.15) is 23.5 Å². The molecule has 4 heteroatoms. The highest BCUT2D eigenvalue weighted by atomic mass is 19.1. The molecule has 1 aromatic carbocycles. The molecule has 0 aromatic heterocycles. The topological polar surface area (TPSA) is 55.1 Å². The van der Waals surface area contributed by atoms with E-state index in [1.54, 1.807) is 12.1 Å². The highest BCUT2D eigenvalue weighted by molar-refractivity contribution is 5.79. The highest BCUT2D eigenvalue weighted by Gasteiger charge is 2.25. The van der Waals surface area contributed by atoms with Crippen molar-refractivity contribution < 1.29 is 9.18 Å². The van der Waals surface area contributed by atoms with Gasteiger partial charge < -0.3 is 11.1 Å². The van der Waals surface area contributed by atoms with Crippen molar-refractivity contribution in [3.8, 4) is 0 Å². The Hall–Kier alpha value is -1.42. The van der Waals surface area contributed by atoms with Crippen LogP contribution < -0.4 is 11.1 Å². The maximum atomic E-state index is 13.6. The maximum Gasteiger partial charge on any atom is 0.220 e. The number of halogens is 1. The number of amides is 1. The molecule has 1 aliphatic heterocycles. The molecule has 15 heavy (non-hydrogen) atoms. The van der Waals surface area contributed by atoms with Crippen LogP contribution in [0, 0.1) is 5.82 Å². The van der Waals surface area contributed by atoms with Gasteiger partial charge in [0.2, 0.25) is 5.91 Å². The summed E-state index contributed by atoms with van der Waals surface area (Å²) in [6.45, 7) is 0.858. The fraction of sp³-hybridized carbons (Fsp3) is 0.364. The summed E-state index contributed by atoms with van der Waals surface area (Å²) in [5.41, 5.74) is 6.79. The number of carbonyl (C=O) groups excluding carboxylic acids is 1. The number of rotatable bonds is 2.